The van der Waals surface area contributed by atoms with E-state index in [2.05, 4.69) is 13.8 Å². The minimum atomic E-state index is -0.308. The van der Waals surface area contributed by atoms with Gasteiger partial charge in [0.25, 0.3) is 0 Å². The van der Waals surface area contributed by atoms with E-state index in [0.29, 0.717) is 11.8 Å². The van der Waals surface area contributed by atoms with Crippen LogP contribution in [0.3, 0.4) is 0 Å². The summed E-state index contributed by atoms with van der Waals surface area (Å²) in [6, 6.07) is 0. The van der Waals surface area contributed by atoms with Gasteiger partial charge < -0.3 is 18.9 Å². The third-order valence-corrected chi connectivity index (χ3v) is 7.35. The quantitative estimate of drug-likeness (QED) is 0.665. The minimum Gasteiger partial charge on any atom is -0.344 e. The monoisotopic (exact) mass is 336 g/mol. The van der Waals surface area contributed by atoms with Crippen molar-refractivity contribution in [3.8, 4) is 0 Å². The number of rotatable bonds is 0. The molecule has 3 saturated carbocycles. The molecular weight excluding hydrogens is 304 g/mol. The lowest BCUT2D eigenvalue weighted by Crippen LogP contribution is -2.53. The first-order valence-electron chi connectivity index (χ1n) is 10.3. The van der Waals surface area contributed by atoms with Gasteiger partial charge in [0.2, 0.25) is 0 Å². The first-order chi connectivity index (χ1) is 11.6. The van der Waals surface area contributed by atoms with Crippen molar-refractivity contribution in [3.05, 3.63) is 0 Å². The van der Waals surface area contributed by atoms with Crippen molar-refractivity contribution in [2.24, 2.45) is 11.8 Å². The summed E-state index contributed by atoms with van der Waals surface area (Å²) in [5, 5.41) is 0. The largest absolute Gasteiger partial charge is 0.344 e. The second-order valence-electron chi connectivity index (χ2n) is 8.99. The van der Waals surface area contributed by atoms with Gasteiger partial charge in [-0.1, -0.05) is 26.7 Å². The molecule has 0 bridgehead atoms. The second-order valence-corrected chi connectivity index (χ2v) is 8.99. The van der Waals surface area contributed by atoms with Crippen LogP contribution in [0.2, 0.25) is 0 Å². The van der Waals surface area contributed by atoms with Crippen LogP contribution in [0, 0.1) is 11.8 Å². The molecule has 5 aliphatic rings. The van der Waals surface area contributed by atoms with Gasteiger partial charge in [0.05, 0.1) is 24.4 Å². The van der Waals surface area contributed by atoms with Crippen molar-refractivity contribution in [3.63, 3.8) is 0 Å². The number of hydrogen-bond acceptors (Lipinski definition) is 4. The van der Waals surface area contributed by atoms with E-state index >= 15 is 0 Å². The zero-order valence-electron chi connectivity index (χ0n) is 15.2. The molecule has 2 spiro atoms. The van der Waals surface area contributed by atoms with Gasteiger partial charge in [-0.15, -0.1) is 0 Å². The normalized spacial score (nSPS) is 49.2. The molecule has 6 atom stereocenters. The number of ether oxygens (including phenoxy) is 4. The highest BCUT2D eigenvalue weighted by Gasteiger charge is 2.63. The summed E-state index contributed by atoms with van der Waals surface area (Å²) < 4.78 is 26.4. The SMILES string of the molecule is C[C@@H]1[C@H]2OC3(CCCCC3)O[C@H]2[C@@H](C)[C@@H]2OC3(CCCCC3)O[C@@H]12. The van der Waals surface area contributed by atoms with Crippen LogP contribution in [0.15, 0.2) is 0 Å². The summed E-state index contributed by atoms with van der Waals surface area (Å²) >= 11 is 0. The summed E-state index contributed by atoms with van der Waals surface area (Å²) in [7, 11) is 0. The predicted molar refractivity (Wildman–Crippen MR) is 89.5 cm³/mol. The maximum Gasteiger partial charge on any atom is 0.169 e. The number of hydrogen-bond donors (Lipinski definition) is 0. The van der Waals surface area contributed by atoms with Crippen molar-refractivity contribution in [1.82, 2.24) is 0 Å². The third kappa shape index (κ3) is 2.33. The highest BCUT2D eigenvalue weighted by atomic mass is 16.8. The van der Waals surface area contributed by atoms with Gasteiger partial charge in [0.1, 0.15) is 0 Å². The fraction of sp³-hybridized carbons (Fsp3) is 1.00. The minimum absolute atomic E-state index is 0.168. The van der Waals surface area contributed by atoms with Crippen LogP contribution in [0.4, 0.5) is 0 Å². The molecule has 2 heterocycles. The Morgan fingerprint density at radius 3 is 1.08 bits per heavy atom. The molecule has 2 aliphatic heterocycles. The predicted octanol–water partition coefficient (Wildman–Crippen LogP) is 4.16. The fourth-order valence-corrected chi connectivity index (χ4v) is 5.97. The Bertz CT molecular complexity index is 408. The molecule has 4 heteroatoms. The van der Waals surface area contributed by atoms with E-state index in [4.69, 9.17) is 18.9 Å². The lowest BCUT2D eigenvalue weighted by atomic mass is 9.75. The summed E-state index contributed by atoms with van der Waals surface area (Å²) in [6.07, 6.45) is 12.4. The van der Waals surface area contributed by atoms with Gasteiger partial charge in [-0.05, 0) is 25.7 Å². The van der Waals surface area contributed by atoms with Gasteiger partial charge >= 0.3 is 0 Å². The van der Waals surface area contributed by atoms with Crippen molar-refractivity contribution >= 4 is 0 Å². The summed E-state index contributed by atoms with van der Waals surface area (Å²) in [6.45, 7) is 4.58. The van der Waals surface area contributed by atoms with E-state index in [1.165, 1.54) is 38.5 Å². The average Bonchev–Trinajstić information content (AvgIpc) is 3.14. The first kappa shape index (κ1) is 16.0. The van der Waals surface area contributed by atoms with Crippen molar-refractivity contribution < 1.29 is 18.9 Å². The molecule has 5 fully saturated rings. The van der Waals surface area contributed by atoms with E-state index in [9.17, 15) is 0 Å². The molecule has 0 amide bonds. The lowest BCUT2D eigenvalue weighted by Gasteiger charge is -2.40. The molecule has 0 N–H and O–H groups in total. The van der Waals surface area contributed by atoms with E-state index in [-0.39, 0.29) is 36.0 Å². The van der Waals surface area contributed by atoms with Crippen LogP contribution >= 0.6 is 0 Å². The lowest BCUT2D eigenvalue weighted by molar-refractivity contribution is -0.216. The molecule has 0 aromatic rings. The van der Waals surface area contributed by atoms with E-state index in [1.807, 2.05) is 0 Å². The van der Waals surface area contributed by atoms with Crippen LogP contribution in [-0.4, -0.2) is 36.0 Å². The highest BCUT2D eigenvalue weighted by molar-refractivity contribution is 5.06. The fourth-order valence-electron chi connectivity index (χ4n) is 5.97. The van der Waals surface area contributed by atoms with Crippen molar-refractivity contribution in [2.45, 2.75) is 114 Å². The average molecular weight is 336 g/mol. The molecule has 0 aromatic heterocycles. The van der Waals surface area contributed by atoms with Gasteiger partial charge in [-0.3, -0.25) is 0 Å². The topological polar surface area (TPSA) is 36.9 Å². The van der Waals surface area contributed by atoms with Crippen LogP contribution < -0.4 is 0 Å². The molecule has 0 unspecified atom stereocenters. The van der Waals surface area contributed by atoms with E-state index in [0.717, 1.165) is 25.7 Å². The zero-order chi connectivity index (χ0) is 16.4. The van der Waals surface area contributed by atoms with Crippen LogP contribution in [0.5, 0.6) is 0 Å². The van der Waals surface area contributed by atoms with Crippen molar-refractivity contribution in [2.75, 3.05) is 0 Å². The van der Waals surface area contributed by atoms with Gasteiger partial charge in [0.15, 0.2) is 11.6 Å². The van der Waals surface area contributed by atoms with Gasteiger partial charge in [-0.2, -0.15) is 0 Å². The molecule has 136 valence electrons. The Balaban J connectivity index is 1.38. The molecule has 3 aliphatic carbocycles. The Morgan fingerprint density at radius 1 is 0.500 bits per heavy atom. The summed E-state index contributed by atoms with van der Waals surface area (Å²) in [5.41, 5.74) is 0. The van der Waals surface area contributed by atoms with Crippen LogP contribution in [0.1, 0.15) is 78.1 Å². The third-order valence-electron chi connectivity index (χ3n) is 7.35. The van der Waals surface area contributed by atoms with E-state index in [1.54, 1.807) is 0 Å². The Kier molecular flexibility index (Phi) is 3.79. The molecule has 0 radical (unpaired) electrons. The number of fused-ring (bicyclic) bond motifs is 2. The van der Waals surface area contributed by atoms with Crippen LogP contribution in [-0.2, 0) is 18.9 Å². The maximum atomic E-state index is 6.60. The molecule has 0 aromatic carbocycles. The summed E-state index contributed by atoms with van der Waals surface area (Å²) in [5.74, 6) is 0.0757. The molecular formula is C20H32O4. The van der Waals surface area contributed by atoms with E-state index < -0.39 is 0 Å². The van der Waals surface area contributed by atoms with Gasteiger partial charge in [-0.25, -0.2) is 0 Å². The summed E-state index contributed by atoms with van der Waals surface area (Å²) in [4.78, 5) is 0. The molecule has 4 nitrogen and oxygen atoms in total. The smallest absolute Gasteiger partial charge is 0.169 e. The molecule has 24 heavy (non-hydrogen) atoms. The maximum absolute atomic E-state index is 6.60. The Hall–Kier alpha value is -0.160. The molecule has 5 rings (SSSR count). The second kappa shape index (κ2) is 5.67. The Labute approximate surface area is 145 Å². The first-order valence-corrected chi connectivity index (χ1v) is 10.3. The van der Waals surface area contributed by atoms with Crippen molar-refractivity contribution in [1.29, 1.82) is 0 Å². The van der Waals surface area contributed by atoms with Gasteiger partial charge in [0, 0.05) is 37.5 Å². The highest BCUT2D eigenvalue weighted by Crippen LogP contribution is 2.53. The molecule has 2 saturated heterocycles. The van der Waals surface area contributed by atoms with Crippen LogP contribution in [0.25, 0.3) is 0 Å². The zero-order valence-corrected chi connectivity index (χ0v) is 15.2. The standard InChI is InChI=1S/C20H32O4/c1-13-15-17(23-19(21-15)9-5-3-6-10-19)14(2)18-16(13)22-20(24-18)11-7-4-8-12-20/h13-18H,3-12H2,1-2H3/t13-,14-,15-,16-,17-,18+/m0/s1. The Morgan fingerprint density at radius 2 is 0.792 bits per heavy atom.